The lowest BCUT2D eigenvalue weighted by Crippen LogP contribution is -2.19. The monoisotopic (exact) mass is 290 g/mol. The molecule has 0 aliphatic heterocycles. The van der Waals surface area contributed by atoms with Gasteiger partial charge >= 0.3 is 6.36 Å². The fourth-order valence-corrected chi connectivity index (χ4v) is 2.16. The van der Waals surface area contributed by atoms with Crippen LogP contribution in [0.3, 0.4) is 0 Å². The first-order chi connectivity index (χ1) is 7.52. The molecular formula is C7H6ClF3N2O3S. The maximum atomic E-state index is 11.9. The van der Waals surface area contributed by atoms with Gasteiger partial charge in [0.1, 0.15) is 0 Å². The molecule has 0 atom stereocenters. The standard InChI is InChI=1S/C7H6ClF3N2O3S/c1-3-5(12)4(16-7(9,10)11)2-13-6(3)17(8,14)15/h2H,1H3,(H2,12,13). The number of anilines is 1. The van der Waals surface area contributed by atoms with Gasteiger partial charge in [-0.25, -0.2) is 13.4 Å². The second-order valence-electron chi connectivity index (χ2n) is 2.95. The Bertz CT molecular complexity index is 544. The molecule has 1 rings (SSSR count). The minimum Gasteiger partial charge on any atom is -0.402 e. The Labute approximate surface area is 98.8 Å². The smallest absolute Gasteiger partial charge is 0.402 e. The lowest BCUT2D eigenvalue weighted by atomic mass is 10.2. The minimum atomic E-state index is -4.94. The number of alkyl halides is 3. The van der Waals surface area contributed by atoms with Crippen LogP contribution in [0.2, 0.25) is 0 Å². The molecule has 96 valence electrons. The molecule has 5 nitrogen and oxygen atoms in total. The van der Waals surface area contributed by atoms with E-state index in [0.717, 1.165) is 0 Å². The van der Waals surface area contributed by atoms with Crippen molar-refractivity contribution in [1.82, 2.24) is 4.98 Å². The predicted octanol–water partition coefficient (Wildman–Crippen LogP) is 1.80. The first kappa shape index (κ1) is 13.8. The summed E-state index contributed by atoms with van der Waals surface area (Å²) in [6, 6.07) is 0. The van der Waals surface area contributed by atoms with E-state index >= 15 is 0 Å². The summed E-state index contributed by atoms with van der Waals surface area (Å²) in [6.45, 7) is 1.17. The van der Waals surface area contributed by atoms with Crippen LogP contribution < -0.4 is 10.5 Å². The molecule has 0 saturated heterocycles. The molecule has 0 spiro atoms. The van der Waals surface area contributed by atoms with E-state index in [-0.39, 0.29) is 5.56 Å². The van der Waals surface area contributed by atoms with E-state index < -0.39 is 31.9 Å². The highest BCUT2D eigenvalue weighted by Gasteiger charge is 2.33. The van der Waals surface area contributed by atoms with Gasteiger partial charge in [-0.1, -0.05) is 0 Å². The van der Waals surface area contributed by atoms with Gasteiger partial charge in [0.25, 0.3) is 9.05 Å². The van der Waals surface area contributed by atoms with Crippen molar-refractivity contribution in [3.63, 3.8) is 0 Å². The van der Waals surface area contributed by atoms with Crippen molar-refractivity contribution in [3.8, 4) is 5.75 Å². The molecule has 2 N–H and O–H groups in total. The molecular weight excluding hydrogens is 285 g/mol. The zero-order valence-electron chi connectivity index (χ0n) is 8.25. The molecule has 0 bridgehead atoms. The highest BCUT2D eigenvalue weighted by Crippen LogP contribution is 2.32. The van der Waals surface area contributed by atoms with Crippen molar-refractivity contribution in [3.05, 3.63) is 11.8 Å². The topological polar surface area (TPSA) is 82.3 Å². The molecule has 1 aromatic rings. The van der Waals surface area contributed by atoms with E-state index in [1.165, 1.54) is 6.92 Å². The van der Waals surface area contributed by atoms with E-state index in [0.29, 0.717) is 6.20 Å². The number of ether oxygens (including phenoxy) is 1. The number of nitrogens with two attached hydrogens (primary N) is 1. The summed E-state index contributed by atoms with van der Waals surface area (Å²) in [5, 5.41) is -0.605. The molecule has 0 fully saturated rings. The number of hydrogen-bond donors (Lipinski definition) is 1. The molecule has 10 heteroatoms. The van der Waals surface area contributed by atoms with Gasteiger partial charge in [0, 0.05) is 16.2 Å². The van der Waals surface area contributed by atoms with Crippen molar-refractivity contribution in [2.24, 2.45) is 0 Å². The molecule has 0 aliphatic rings. The lowest BCUT2D eigenvalue weighted by Gasteiger charge is -2.13. The van der Waals surface area contributed by atoms with E-state index in [4.69, 9.17) is 16.4 Å². The van der Waals surface area contributed by atoms with Gasteiger partial charge in [0.2, 0.25) is 0 Å². The zero-order valence-corrected chi connectivity index (χ0v) is 9.82. The van der Waals surface area contributed by atoms with Gasteiger partial charge < -0.3 is 10.5 Å². The zero-order chi connectivity index (χ0) is 13.4. The summed E-state index contributed by atoms with van der Waals surface area (Å²) in [4.78, 5) is 3.27. The van der Waals surface area contributed by atoms with Crippen LogP contribution in [0, 0.1) is 6.92 Å². The van der Waals surface area contributed by atoms with Crippen molar-refractivity contribution in [1.29, 1.82) is 0 Å². The van der Waals surface area contributed by atoms with Crippen LogP contribution in [-0.2, 0) is 9.05 Å². The molecule has 0 amide bonds. The number of nitrogens with zero attached hydrogens (tertiary/aromatic N) is 1. The minimum absolute atomic E-state index is 0.207. The highest BCUT2D eigenvalue weighted by atomic mass is 35.7. The number of hydrogen-bond acceptors (Lipinski definition) is 5. The van der Waals surface area contributed by atoms with Crippen molar-refractivity contribution in [2.45, 2.75) is 18.3 Å². The summed E-state index contributed by atoms with van der Waals surface area (Å²) in [7, 11) is 0.840. The Hall–Kier alpha value is -1.22. The van der Waals surface area contributed by atoms with Crippen LogP contribution in [0.5, 0.6) is 5.75 Å². The van der Waals surface area contributed by atoms with E-state index in [1.54, 1.807) is 0 Å². The van der Waals surface area contributed by atoms with Gasteiger partial charge in [-0.05, 0) is 6.92 Å². The molecule has 1 aromatic heterocycles. The molecule has 17 heavy (non-hydrogen) atoms. The van der Waals surface area contributed by atoms with E-state index in [1.807, 2.05) is 0 Å². The fraction of sp³-hybridized carbons (Fsp3) is 0.286. The van der Waals surface area contributed by atoms with E-state index in [2.05, 4.69) is 9.72 Å². The molecule has 0 radical (unpaired) electrons. The Balaban J connectivity index is 3.30. The van der Waals surface area contributed by atoms with Gasteiger partial charge in [0.05, 0.1) is 11.9 Å². The summed E-state index contributed by atoms with van der Waals surface area (Å²) >= 11 is 0. The summed E-state index contributed by atoms with van der Waals surface area (Å²) in [6.07, 6.45) is -4.39. The third kappa shape index (κ3) is 3.37. The third-order valence-electron chi connectivity index (χ3n) is 1.75. The first-order valence-corrected chi connectivity index (χ1v) is 6.29. The van der Waals surface area contributed by atoms with Crippen LogP contribution >= 0.6 is 10.7 Å². The van der Waals surface area contributed by atoms with E-state index in [9.17, 15) is 21.6 Å². The molecule has 1 heterocycles. The van der Waals surface area contributed by atoms with Crippen molar-refractivity contribution >= 4 is 25.4 Å². The van der Waals surface area contributed by atoms with Crippen LogP contribution in [-0.4, -0.2) is 19.8 Å². The second-order valence-corrected chi connectivity index (χ2v) is 5.43. The van der Waals surface area contributed by atoms with Crippen LogP contribution in [0.15, 0.2) is 11.2 Å². The molecule has 0 saturated carbocycles. The van der Waals surface area contributed by atoms with Gasteiger partial charge in [-0.3, -0.25) is 0 Å². The Morgan fingerprint density at radius 1 is 1.47 bits per heavy atom. The van der Waals surface area contributed by atoms with Crippen LogP contribution in [0.1, 0.15) is 5.56 Å². The average Bonchev–Trinajstić information content (AvgIpc) is 2.08. The average molecular weight is 291 g/mol. The van der Waals surface area contributed by atoms with Gasteiger partial charge in [-0.15, -0.1) is 13.2 Å². The number of pyridine rings is 1. The van der Waals surface area contributed by atoms with Gasteiger partial charge in [0.15, 0.2) is 10.8 Å². The lowest BCUT2D eigenvalue weighted by molar-refractivity contribution is -0.274. The second kappa shape index (κ2) is 4.22. The summed E-state index contributed by atoms with van der Waals surface area (Å²) in [5.74, 6) is -0.779. The third-order valence-corrected chi connectivity index (χ3v) is 3.06. The predicted molar refractivity (Wildman–Crippen MR) is 53.1 cm³/mol. The molecule has 0 aliphatic carbocycles. The van der Waals surface area contributed by atoms with Gasteiger partial charge in [-0.2, -0.15) is 0 Å². The summed E-state index contributed by atoms with van der Waals surface area (Å²) in [5.41, 5.74) is 4.60. The normalized spacial score (nSPS) is 12.5. The Morgan fingerprint density at radius 2 is 2.00 bits per heavy atom. The quantitative estimate of drug-likeness (QED) is 0.840. The van der Waals surface area contributed by atoms with Crippen molar-refractivity contribution in [2.75, 3.05) is 5.73 Å². The largest absolute Gasteiger partial charge is 0.573 e. The van der Waals surface area contributed by atoms with Crippen LogP contribution in [0.25, 0.3) is 0 Å². The Morgan fingerprint density at radius 3 is 2.41 bits per heavy atom. The molecule has 0 unspecified atom stereocenters. The number of halogens is 4. The molecule has 0 aromatic carbocycles. The SMILES string of the molecule is Cc1c(S(=O)(=O)Cl)ncc(OC(F)(F)F)c1N. The number of nitrogen functional groups attached to an aromatic ring is 1. The number of aromatic nitrogens is 1. The highest BCUT2D eigenvalue weighted by molar-refractivity contribution is 8.13. The van der Waals surface area contributed by atoms with Crippen LogP contribution in [0.4, 0.5) is 18.9 Å². The van der Waals surface area contributed by atoms with Crippen molar-refractivity contribution < 1.29 is 26.3 Å². The summed E-state index contributed by atoms with van der Waals surface area (Å²) < 4.78 is 61.3. The maximum absolute atomic E-state index is 11.9. The first-order valence-electron chi connectivity index (χ1n) is 3.98. The Kier molecular flexibility index (Phi) is 3.44. The number of rotatable bonds is 2. The fourth-order valence-electron chi connectivity index (χ4n) is 1.04. The maximum Gasteiger partial charge on any atom is 0.573 e.